The fourth-order valence-corrected chi connectivity index (χ4v) is 0. The number of hydrogen-bond donors (Lipinski definition) is 1. The van der Waals surface area contributed by atoms with E-state index in [1.807, 2.05) is 0 Å². The van der Waals surface area contributed by atoms with Gasteiger partial charge in [0, 0.05) is 35.6 Å². The number of hydrogen-bond acceptors (Lipinski definition) is 2. The molecule has 7 heavy (non-hydrogen) atoms. The summed E-state index contributed by atoms with van der Waals surface area (Å²) in [6.45, 7) is 0. The summed E-state index contributed by atoms with van der Waals surface area (Å²) < 4.78 is 0. The first-order valence-electron chi connectivity index (χ1n) is 0.754. The van der Waals surface area contributed by atoms with Crippen molar-refractivity contribution in [1.29, 1.82) is 0 Å². The minimum Gasteiger partial charge on any atom is 0 e. The molecule has 0 saturated carbocycles. The number of nitrogens with zero attached hydrogens (tertiary/aromatic N) is 1. The van der Waals surface area contributed by atoms with Crippen molar-refractivity contribution in [2.45, 2.75) is 0 Å². The van der Waals surface area contributed by atoms with E-state index in [-0.39, 0.29) is 35.6 Å². The molecule has 7 heteroatoms. The van der Waals surface area contributed by atoms with Crippen molar-refractivity contribution >= 4 is 9.30 Å². The topological polar surface area (TPSA) is 63.4 Å². The molecule has 0 saturated heterocycles. The molecule has 0 aliphatic carbocycles. The van der Waals surface area contributed by atoms with Gasteiger partial charge >= 0.3 is 28.7 Å². The Kier molecular flexibility index (Phi) is 35.3. The second kappa shape index (κ2) is 15.7. The molecular weight excluding hydrogens is 284 g/mol. The molecule has 1 N–H and O–H groups in total. The quantitative estimate of drug-likeness (QED) is 0.396. The molecule has 1 radical (unpaired) electrons. The molecule has 0 aliphatic heterocycles. The number of halogens is 1. The van der Waals surface area contributed by atoms with Crippen molar-refractivity contribution in [3.8, 4) is 0 Å². The van der Waals surface area contributed by atoms with E-state index in [2.05, 4.69) is 9.30 Å². The smallest absolute Gasteiger partial charge is 0 e. The van der Waals surface area contributed by atoms with Gasteiger partial charge < -0.3 is 5.21 Å². The zero-order chi connectivity index (χ0) is 5.58. The first-order valence-corrected chi connectivity index (χ1v) is 2.90. The predicted molar refractivity (Wildman–Crippen MR) is 14.6 cm³/mol. The molecule has 0 aromatic rings. The Hall–Kier alpha value is 1.40. The van der Waals surface area contributed by atoms with E-state index < -0.39 is 5.09 Å². The molecule has 0 atom stereocenters. The molecule has 0 aromatic carbocycles. The molecule has 0 bridgehead atoms. The van der Waals surface area contributed by atoms with Crippen molar-refractivity contribution in [3.05, 3.63) is 10.1 Å². The Morgan fingerprint density at radius 3 is 1.71 bits per heavy atom. The van der Waals surface area contributed by atoms with Gasteiger partial charge in [0.2, 0.25) is 0 Å². The largest absolute Gasteiger partial charge is 0 e. The average molecular weight is 285 g/mol. The van der Waals surface area contributed by atoms with Crippen LogP contribution in [0.15, 0.2) is 0 Å². The Balaban J connectivity index is -0.0000000480. The summed E-state index contributed by atoms with van der Waals surface area (Å²) in [5, 5.41) is 13.6. The third-order valence-electron chi connectivity index (χ3n) is 0. The van der Waals surface area contributed by atoms with Gasteiger partial charge in [0.05, 0.1) is 0 Å². The van der Waals surface area contributed by atoms with Gasteiger partial charge in [0.15, 0.2) is 0 Å². The van der Waals surface area contributed by atoms with Crippen LogP contribution in [-0.4, -0.2) is 10.3 Å². The third kappa shape index (κ3) is 110. The second-order valence-corrected chi connectivity index (χ2v) is 0.238. The van der Waals surface area contributed by atoms with E-state index >= 15 is 0 Å². The van der Waals surface area contributed by atoms with Crippen LogP contribution in [0, 0.1) is 45.7 Å². The van der Waals surface area contributed by atoms with Crippen LogP contribution in [0.3, 0.4) is 0 Å². The van der Waals surface area contributed by atoms with Gasteiger partial charge in [0.25, 0.3) is 5.09 Å². The summed E-state index contributed by atoms with van der Waals surface area (Å²) >= 11 is 1.47. The van der Waals surface area contributed by atoms with Gasteiger partial charge in [-0.2, -0.15) is 0 Å². The minimum absolute atomic E-state index is 0. The van der Waals surface area contributed by atoms with Crippen molar-refractivity contribution in [3.63, 3.8) is 0 Å². The van der Waals surface area contributed by atoms with Crippen LogP contribution < -0.4 is 0 Å². The summed E-state index contributed by atoms with van der Waals surface area (Å²) in [4.78, 5) is 8.36. The van der Waals surface area contributed by atoms with Crippen LogP contribution >= 0.6 is 9.30 Å². The van der Waals surface area contributed by atoms with Gasteiger partial charge in [-0.3, -0.25) is 0 Å². The standard InChI is InChI=1S/ClH.La.HNO3.Ti/c;;2-1(3)4;/h1H;;(H,2,3,4);/q;;;+1/p-1. The SMILES string of the molecule is O=[N+]([O-])O.[Cl][Ti].[La]. The van der Waals surface area contributed by atoms with E-state index in [4.69, 9.17) is 15.3 Å². The fraction of sp³-hybridized carbons (Fsp3) is 0. The average Bonchev–Trinajstić information content (AvgIpc) is 1.41. The van der Waals surface area contributed by atoms with Gasteiger partial charge in [0.1, 0.15) is 0 Å². The van der Waals surface area contributed by atoms with Crippen LogP contribution in [0.1, 0.15) is 0 Å². The van der Waals surface area contributed by atoms with Gasteiger partial charge in [-0.25, -0.2) is 0 Å². The van der Waals surface area contributed by atoms with Crippen LogP contribution in [0.2, 0.25) is 0 Å². The van der Waals surface area contributed by atoms with Crippen LogP contribution in [0.4, 0.5) is 0 Å². The van der Waals surface area contributed by atoms with Crippen LogP contribution in [0.5, 0.6) is 0 Å². The first-order chi connectivity index (χ1) is 2.73. The van der Waals surface area contributed by atoms with Crippen molar-refractivity contribution in [2.24, 2.45) is 0 Å². The zero-order valence-electron chi connectivity index (χ0n) is 3.17. The molecule has 0 spiro atoms. The van der Waals surface area contributed by atoms with Gasteiger partial charge in [-0.1, -0.05) is 0 Å². The maximum absolute atomic E-state index is 8.36. The Morgan fingerprint density at radius 2 is 1.71 bits per heavy atom. The monoisotopic (exact) mass is 285 g/mol. The fourth-order valence-electron chi connectivity index (χ4n) is 0. The van der Waals surface area contributed by atoms with Gasteiger partial charge in [-0.05, 0) is 0 Å². The molecule has 4 nitrogen and oxygen atoms in total. The third-order valence-corrected chi connectivity index (χ3v) is 0. The van der Waals surface area contributed by atoms with Crippen LogP contribution in [-0.2, 0) is 19.4 Å². The van der Waals surface area contributed by atoms with E-state index in [0.29, 0.717) is 0 Å². The van der Waals surface area contributed by atoms with Crippen molar-refractivity contribution < 1.29 is 65.3 Å². The van der Waals surface area contributed by atoms with Crippen molar-refractivity contribution in [1.82, 2.24) is 0 Å². The first kappa shape index (κ1) is 15.8. The molecule has 0 rings (SSSR count). The molecule has 0 amide bonds. The molecule has 0 unspecified atom stereocenters. The summed E-state index contributed by atoms with van der Waals surface area (Å²) in [7, 11) is 4.64. The number of rotatable bonds is 0. The normalized spacial score (nSPS) is 4.00. The van der Waals surface area contributed by atoms with E-state index in [0.717, 1.165) is 0 Å². The van der Waals surface area contributed by atoms with Crippen molar-refractivity contribution in [2.75, 3.05) is 0 Å². The van der Waals surface area contributed by atoms with Gasteiger partial charge in [-0.15, -0.1) is 10.1 Å². The van der Waals surface area contributed by atoms with E-state index in [9.17, 15) is 0 Å². The predicted octanol–water partition coefficient (Wildman–Crippen LogP) is 0.339. The Morgan fingerprint density at radius 1 is 1.71 bits per heavy atom. The molecule has 38 valence electrons. The zero-order valence-corrected chi connectivity index (χ0v) is 9.11. The summed E-state index contributed by atoms with van der Waals surface area (Å²) in [6, 6.07) is 0. The Labute approximate surface area is 83.6 Å². The second-order valence-electron chi connectivity index (χ2n) is 0.238. The Bertz CT molecular complexity index is 37.9. The van der Waals surface area contributed by atoms with E-state index in [1.165, 1.54) is 19.4 Å². The molecular formula is HClLaNO3Ti. The maximum Gasteiger partial charge on any atom is 0 e. The summed E-state index contributed by atoms with van der Waals surface area (Å²) in [5.41, 5.74) is 0. The molecule has 0 aliphatic rings. The molecule has 0 aromatic heterocycles. The maximum atomic E-state index is 8.36. The molecule has 0 fully saturated rings. The summed E-state index contributed by atoms with van der Waals surface area (Å²) in [5.74, 6) is 0. The van der Waals surface area contributed by atoms with E-state index in [1.54, 1.807) is 0 Å². The molecule has 0 heterocycles. The van der Waals surface area contributed by atoms with Crippen LogP contribution in [0.25, 0.3) is 0 Å². The summed E-state index contributed by atoms with van der Waals surface area (Å²) in [6.07, 6.45) is 0. The minimum atomic E-state index is -1.50.